The highest BCUT2D eigenvalue weighted by molar-refractivity contribution is 8.01. The fraction of sp³-hybridized carbons (Fsp3) is 0.312. The molecule has 132 valence electrons. The van der Waals surface area contributed by atoms with Gasteiger partial charge in [-0.2, -0.15) is 0 Å². The van der Waals surface area contributed by atoms with Crippen LogP contribution in [0.1, 0.15) is 26.6 Å². The van der Waals surface area contributed by atoms with Crippen LogP contribution in [-0.2, 0) is 15.3 Å². The van der Waals surface area contributed by atoms with Crippen LogP contribution < -0.4 is 0 Å². The number of thiazole rings is 1. The molecule has 0 saturated carbocycles. The van der Waals surface area contributed by atoms with Crippen LogP contribution >= 0.6 is 23.1 Å². The van der Waals surface area contributed by atoms with E-state index >= 15 is 0 Å². The van der Waals surface area contributed by atoms with Crippen molar-refractivity contribution in [1.29, 1.82) is 0 Å². The minimum atomic E-state index is -3.25. The van der Waals surface area contributed by atoms with E-state index in [0.717, 1.165) is 22.8 Å². The molecule has 2 heterocycles. The minimum Gasteiger partial charge on any atom is -0.273 e. The Labute approximate surface area is 155 Å². The van der Waals surface area contributed by atoms with Crippen LogP contribution in [0.4, 0.5) is 0 Å². The van der Waals surface area contributed by atoms with Crippen molar-refractivity contribution in [2.75, 3.05) is 6.26 Å². The molecule has 9 heteroatoms. The molecule has 25 heavy (non-hydrogen) atoms. The van der Waals surface area contributed by atoms with Crippen LogP contribution in [0.3, 0.4) is 0 Å². The van der Waals surface area contributed by atoms with Gasteiger partial charge in [0, 0.05) is 17.4 Å². The number of sulfone groups is 1. The first kappa shape index (κ1) is 18.1. The van der Waals surface area contributed by atoms with Crippen molar-refractivity contribution in [3.8, 4) is 5.69 Å². The molecule has 0 radical (unpaired) electrons. The van der Waals surface area contributed by atoms with E-state index in [-0.39, 0.29) is 9.62 Å². The molecule has 3 aromatic rings. The number of rotatable bonds is 4. The number of nitrogens with zero attached hydrogens (tertiary/aromatic N) is 4. The third-order valence-corrected chi connectivity index (χ3v) is 7.13. The quantitative estimate of drug-likeness (QED) is 0.673. The maximum Gasteiger partial charge on any atom is 0.202 e. The molecule has 0 bridgehead atoms. The Bertz CT molecular complexity index is 986. The normalized spacial score (nSPS) is 12.5. The van der Waals surface area contributed by atoms with Gasteiger partial charge in [-0.05, 0) is 23.9 Å². The Morgan fingerprint density at radius 1 is 1.12 bits per heavy atom. The Kier molecular flexibility index (Phi) is 4.74. The molecular weight excluding hydrogens is 376 g/mol. The van der Waals surface area contributed by atoms with Gasteiger partial charge in [-0.1, -0.05) is 50.3 Å². The summed E-state index contributed by atoms with van der Waals surface area (Å²) in [6, 6.07) is 9.86. The summed E-state index contributed by atoms with van der Waals surface area (Å²) in [5.41, 5.74) is 0.766. The zero-order valence-corrected chi connectivity index (χ0v) is 16.7. The van der Waals surface area contributed by atoms with Crippen molar-refractivity contribution in [3.05, 3.63) is 42.4 Å². The van der Waals surface area contributed by atoms with Gasteiger partial charge in [-0.25, -0.2) is 13.4 Å². The highest BCUT2D eigenvalue weighted by Gasteiger charge is 2.26. The van der Waals surface area contributed by atoms with E-state index in [9.17, 15) is 8.42 Å². The zero-order chi connectivity index (χ0) is 18.2. The smallest absolute Gasteiger partial charge is 0.202 e. The van der Waals surface area contributed by atoms with Crippen LogP contribution in [0, 0.1) is 0 Å². The molecule has 0 amide bonds. The lowest BCUT2D eigenvalue weighted by Gasteiger charge is -2.19. The lowest BCUT2D eigenvalue weighted by molar-refractivity contribution is 0.529. The summed E-state index contributed by atoms with van der Waals surface area (Å²) in [5, 5.41) is 9.34. The van der Waals surface area contributed by atoms with Crippen LogP contribution in [-0.4, -0.2) is 34.4 Å². The van der Waals surface area contributed by atoms with Crippen molar-refractivity contribution in [2.45, 2.75) is 39.9 Å². The average Bonchev–Trinajstić information content (AvgIpc) is 3.14. The van der Waals surface area contributed by atoms with Gasteiger partial charge in [0.05, 0.1) is 6.20 Å². The van der Waals surface area contributed by atoms with Crippen molar-refractivity contribution < 1.29 is 8.42 Å². The topological polar surface area (TPSA) is 77.7 Å². The lowest BCUT2D eigenvalue weighted by Crippen LogP contribution is -2.18. The van der Waals surface area contributed by atoms with Crippen molar-refractivity contribution >= 4 is 32.9 Å². The summed E-state index contributed by atoms with van der Waals surface area (Å²) in [7, 11) is -3.25. The lowest BCUT2D eigenvalue weighted by atomic mass is 9.95. The van der Waals surface area contributed by atoms with Crippen LogP contribution in [0.15, 0.2) is 50.2 Å². The maximum atomic E-state index is 11.7. The van der Waals surface area contributed by atoms with Crippen molar-refractivity contribution in [1.82, 2.24) is 19.7 Å². The molecule has 0 aliphatic rings. The second-order valence-electron chi connectivity index (χ2n) is 6.55. The summed E-state index contributed by atoms with van der Waals surface area (Å²) in [6.45, 7) is 6.24. The number of hydrogen-bond donors (Lipinski definition) is 0. The third kappa shape index (κ3) is 3.94. The van der Waals surface area contributed by atoms with Gasteiger partial charge in [0.2, 0.25) is 5.16 Å². The van der Waals surface area contributed by atoms with E-state index in [2.05, 4.69) is 36.0 Å². The largest absolute Gasteiger partial charge is 0.273 e. The summed E-state index contributed by atoms with van der Waals surface area (Å²) >= 11 is 2.45. The molecule has 0 fully saturated rings. The summed E-state index contributed by atoms with van der Waals surface area (Å²) in [5.74, 6) is 0.834. The molecule has 0 N–H and O–H groups in total. The molecule has 6 nitrogen and oxygen atoms in total. The van der Waals surface area contributed by atoms with Gasteiger partial charge < -0.3 is 0 Å². The Hall–Kier alpha value is -1.71. The summed E-state index contributed by atoms with van der Waals surface area (Å²) < 4.78 is 26.2. The number of hydrogen-bond acceptors (Lipinski definition) is 7. The molecular formula is C16H18N4O2S3. The molecule has 0 atom stereocenters. The molecule has 0 aliphatic carbocycles. The molecule has 0 unspecified atom stereocenters. The summed E-state index contributed by atoms with van der Waals surface area (Å²) in [4.78, 5) is 4.21. The Morgan fingerprint density at radius 3 is 2.36 bits per heavy atom. The number of para-hydroxylation sites is 1. The molecule has 2 aromatic heterocycles. The predicted octanol–water partition coefficient (Wildman–Crippen LogP) is 3.58. The first-order valence-electron chi connectivity index (χ1n) is 7.51. The van der Waals surface area contributed by atoms with Gasteiger partial charge in [0.25, 0.3) is 0 Å². The van der Waals surface area contributed by atoms with E-state index in [1.165, 1.54) is 24.2 Å². The van der Waals surface area contributed by atoms with Crippen LogP contribution in [0.5, 0.6) is 0 Å². The van der Waals surface area contributed by atoms with E-state index in [0.29, 0.717) is 9.50 Å². The van der Waals surface area contributed by atoms with E-state index < -0.39 is 9.84 Å². The van der Waals surface area contributed by atoms with Crippen LogP contribution in [0.2, 0.25) is 0 Å². The van der Waals surface area contributed by atoms with Crippen molar-refractivity contribution in [2.24, 2.45) is 0 Å². The predicted molar refractivity (Wildman–Crippen MR) is 99.4 cm³/mol. The Morgan fingerprint density at radius 2 is 1.80 bits per heavy atom. The third-order valence-electron chi connectivity index (χ3n) is 3.33. The van der Waals surface area contributed by atoms with Gasteiger partial charge in [0.1, 0.15) is 10.0 Å². The Balaban J connectivity index is 2.05. The van der Waals surface area contributed by atoms with Gasteiger partial charge >= 0.3 is 0 Å². The van der Waals surface area contributed by atoms with E-state index in [1.54, 1.807) is 0 Å². The molecule has 0 spiro atoms. The fourth-order valence-corrected chi connectivity index (χ4v) is 5.09. The number of benzene rings is 1. The number of aromatic nitrogens is 4. The molecule has 0 saturated heterocycles. The first-order valence-corrected chi connectivity index (χ1v) is 11.0. The molecule has 0 aliphatic heterocycles. The van der Waals surface area contributed by atoms with Crippen LogP contribution in [0.25, 0.3) is 5.69 Å². The standard InChI is InChI=1S/C16H18N4O2S3/c1-16(2,3)13-18-19-14(20(13)11-8-6-5-7-9-11)24-15-17-10-12(23-15)25(4,21)22/h5-10H,1-4H3. The average molecular weight is 395 g/mol. The van der Waals surface area contributed by atoms with E-state index in [4.69, 9.17) is 0 Å². The fourth-order valence-electron chi connectivity index (χ4n) is 2.17. The minimum absolute atomic E-state index is 0.192. The highest BCUT2D eigenvalue weighted by Crippen LogP contribution is 2.35. The second-order valence-corrected chi connectivity index (χ2v) is 11.0. The first-order chi connectivity index (χ1) is 11.7. The SMILES string of the molecule is CC(C)(C)c1nnc(Sc2ncc(S(C)(=O)=O)s2)n1-c1ccccc1. The zero-order valence-electron chi connectivity index (χ0n) is 14.3. The van der Waals surface area contributed by atoms with Crippen molar-refractivity contribution in [3.63, 3.8) is 0 Å². The second kappa shape index (κ2) is 6.54. The van der Waals surface area contributed by atoms with Gasteiger partial charge in [0.15, 0.2) is 14.2 Å². The van der Waals surface area contributed by atoms with Gasteiger partial charge in [-0.15, -0.1) is 10.2 Å². The van der Waals surface area contributed by atoms with E-state index in [1.807, 2.05) is 34.9 Å². The molecule has 3 rings (SSSR count). The monoisotopic (exact) mass is 394 g/mol. The highest BCUT2D eigenvalue weighted by atomic mass is 32.2. The molecule has 1 aromatic carbocycles. The maximum absolute atomic E-state index is 11.7. The van der Waals surface area contributed by atoms with Gasteiger partial charge in [-0.3, -0.25) is 4.57 Å². The summed E-state index contributed by atoms with van der Waals surface area (Å²) in [6.07, 6.45) is 2.56.